The zero-order valence-electron chi connectivity index (χ0n) is 19.5. The van der Waals surface area contributed by atoms with E-state index in [0.29, 0.717) is 36.4 Å². The molecule has 1 atom stereocenters. The fourth-order valence-electron chi connectivity index (χ4n) is 4.49. The number of para-hydroxylation sites is 1. The van der Waals surface area contributed by atoms with Crippen LogP contribution in [0.25, 0.3) is 17.1 Å². The topological polar surface area (TPSA) is 89.1 Å². The summed E-state index contributed by atoms with van der Waals surface area (Å²) >= 11 is 5.96. The predicted octanol–water partition coefficient (Wildman–Crippen LogP) is 4.41. The SMILES string of the molecule is Cc1nccn1-c1ccccc1CNC(=O)C1CCCN(Cc2nc(-c3ccc(Cl)cc3)no2)C1. The van der Waals surface area contributed by atoms with Gasteiger partial charge in [-0.2, -0.15) is 4.98 Å². The minimum absolute atomic E-state index is 0.0687. The highest BCUT2D eigenvalue weighted by Gasteiger charge is 2.27. The molecule has 9 heteroatoms. The van der Waals surface area contributed by atoms with Crippen LogP contribution in [-0.2, 0) is 17.9 Å². The Labute approximate surface area is 208 Å². The Balaban J connectivity index is 1.18. The number of aryl methyl sites for hydroxylation is 1. The van der Waals surface area contributed by atoms with E-state index in [4.69, 9.17) is 16.1 Å². The molecule has 1 unspecified atom stereocenters. The lowest BCUT2D eigenvalue weighted by molar-refractivity contribution is -0.127. The number of likely N-dealkylation sites (tertiary alicyclic amines) is 1. The first kappa shape index (κ1) is 23.3. The van der Waals surface area contributed by atoms with E-state index in [1.54, 1.807) is 18.3 Å². The Morgan fingerprint density at radius 2 is 2.03 bits per heavy atom. The molecule has 0 aliphatic carbocycles. The minimum Gasteiger partial charge on any atom is -0.352 e. The zero-order chi connectivity index (χ0) is 24.2. The molecule has 180 valence electrons. The maximum Gasteiger partial charge on any atom is 0.241 e. The van der Waals surface area contributed by atoms with Gasteiger partial charge in [0.1, 0.15) is 5.82 Å². The second-order valence-electron chi connectivity index (χ2n) is 8.78. The highest BCUT2D eigenvalue weighted by atomic mass is 35.5. The van der Waals surface area contributed by atoms with E-state index in [9.17, 15) is 4.79 Å². The number of amides is 1. The third-order valence-corrected chi connectivity index (χ3v) is 6.59. The Bertz CT molecular complexity index is 1300. The molecule has 1 aliphatic heterocycles. The number of nitrogens with one attached hydrogen (secondary N) is 1. The van der Waals surface area contributed by atoms with Gasteiger partial charge in [-0.3, -0.25) is 9.69 Å². The van der Waals surface area contributed by atoms with Crippen LogP contribution in [0.4, 0.5) is 0 Å². The maximum absolute atomic E-state index is 13.0. The van der Waals surface area contributed by atoms with Crippen LogP contribution < -0.4 is 5.32 Å². The van der Waals surface area contributed by atoms with Gasteiger partial charge in [-0.15, -0.1) is 0 Å². The predicted molar refractivity (Wildman–Crippen MR) is 133 cm³/mol. The number of piperidine rings is 1. The number of halogens is 1. The summed E-state index contributed by atoms with van der Waals surface area (Å²) < 4.78 is 7.50. The average Bonchev–Trinajstić information content (AvgIpc) is 3.52. The van der Waals surface area contributed by atoms with Gasteiger partial charge in [0, 0.05) is 36.1 Å². The Morgan fingerprint density at radius 3 is 2.83 bits per heavy atom. The van der Waals surface area contributed by atoms with Gasteiger partial charge < -0.3 is 14.4 Å². The quantitative estimate of drug-likeness (QED) is 0.412. The van der Waals surface area contributed by atoms with Crippen molar-refractivity contribution in [3.63, 3.8) is 0 Å². The van der Waals surface area contributed by atoms with Crippen molar-refractivity contribution >= 4 is 17.5 Å². The van der Waals surface area contributed by atoms with Gasteiger partial charge in [-0.25, -0.2) is 4.98 Å². The second kappa shape index (κ2) is 10.4. The number of hydrogen-bond donors (Lipinski definition) is 1. The van der Waals surface area contributed by atoms with Crippen LogP contribution in [0.15, 0.2) is 65.4 Å². The van der Waals surface area contributed by atoms with Crippen LogP contribution in [-0.4, -0.2) is 43.6 Å². The van der Waals surface area contributed by atoms with Gasteiger partial charge in [0.2, 0.25) is 17.6 Å². The largest absolute Gasteiger partial charge is 0.352 e. The summed E-state index contributed by atoms with van der Waals surface area (Å²) in [6.07, 6.45) is 5.53. The van der Waals surface area contributed by atoms with E-state index in [2.05, 4.69) is 25.3 Å². The van der Waals surface area contributed by atoms with Crippen molar-refractivity contribution in [2.75, 3.05) is 13.1 Å². The second-order valence-corrected chi connectivity index (χ2v) is 9.22. The van der Waals surface area contributed by atoms with E-state index in [1.165, 1.54) is 0 Å². The third-order valence-electron chi connectivity index (χ3n) is 6.34. The highest BCUT2D eigenvalue weighted by molar-refractivity contribution is 6.30. The average molecular weight is 491 g/mol. The first-order chi connectivity index (χ1) is 17.1. The van der Waals surface area contributed by atoms with Gasteiger partial charge in [0.25, 0.3) is 0 Å². The molecule has 1 saturated heterocycles. The van der Waals surface area contributed by atoms with Gasteiger partial charge in [0.15, 0.2) is 0 Å². The van der Waals surface area contributed by atoms with Crippen molar-refractivity contribution in [1.29, 1.82) is 0 Å². The highest BCUT2D eigenvalue weighted by Crippen LogP contribution is 2.22. The standard InChI is InChI=1S/C26H27ClN6O2/c1-18-28-12-14-33(18)23-7-3-2-5-20(23)15-29-26(34)21-6-4-13-32(16-21)17-24-30-25(31-35-24)19-8-10-22(27)11-9-19/h2-3,5,7-12,14,21H,4,6,13,15-17H2,1H3,(H,29,34). The van der Waals surface area contributed by atoms with Gasteiger partial charge in [-0.1, -0.05) is 35.0 Å². The molecule has 4 aromatic rings. The summed E-state index contributed by atoms with van der Waals surface area (Å²) in [7, 11) is 0. The van der Waals surface area contributed by atoms with Crippen LogP contribution >= 0.6 is 11.6 Å². The molecule has 8 nitrogen and oxygen atoms in total. The van der Waals surface area contributed by atoms with E-state index in [1.807, 2.05) is 54.1 Å². The fourth-order valence-corrected chi connectivity index (χ4v) is 4.62. The summed E-state index contributed by atoms with van der Waals surface area (Å²) in [5.41, 5.74) is 2.93. The smallest absolute Gasteiger partial charge is 0.241 e. The van der Waals surface area contributed by atoms with Crippen LogP contribution in [0.2, 0.25) is 5.02 Å². The zero-order valence-corrected chi connectivity index (χ0v) is 20.3. The molecule has 3 heterocycles. The minimum atomic E-state index is -0.0791. The monoisotopic (exact) mass is 490 g/mol. The molecule has 2 aromatic heterocycles. The number of carbonyl (C=O) groups excluding carboxylic acids is 1. The molecule has 1 fully saturated rings. The van der Waals surface area contributed by atoms with Gasteiger partial charge in [-0.05, 0) is 62.2 Å². The van der Waals surface area contributed by atoms with Gasteiger partial charge >= 0.3 is 0 Å². The summed E-state index contributed by atoms with van der Waals surface area (Å²) in [4.78, 5) is 24.1. The summed E-state index contributed by atoms with van der Waals surface area (Å²) in [6, 6.07) is 15.4. The summed E-state index contributed by atoms with van der Waals surface area (Å²) in [5, 5.41) is 7.90. The lowest BCUT2D eigenvalue weighted by Gasteiger charge is -2.31. The van der Waals surface area contributed by atoms with E-state index >= 15 is 0 Å². The molecule has 35 heavy (non-hydrogen) atoms. The molecular weight excluding hydrogens is 464 g/mol. The molecule has 0 saturated carbocycles. The first-order valence-corrected chi connectivity index (χ1v) is 12.1. The van der Waals surface area contributed by atoms with Crippen molar-refractivity contribution in [2.45, 2.75) is 32.9 Å². The molecule has 1 amide bonds. The Morgan fingerprint density at radius 1 is 1.20 bits per heavy atom. The van der Waals surface area contributed by atoms with Crippen molar-refractivity contribution in [1.82, 2.24) is 29.9 Å². The van der Waals surface area contributed by atoms with Crippen LogP contribution in [0.5, 0.6) is 0 Å². The lowest BCUT2D eigenvalue weighted by Crippen LogP contribution is -2.42. The van der Waals surface area contributed by atoms with Gasteiger partial charge in [0.05, 0.1) is 18.2 Å². The van der Waals surface area contributed by atoms with Crippen molar-refractivity contribution in [3.8, 4) is 17.1 Å². The van der Waals surface area contributed by atoms with Crippen molar-refractivity contribution in [2.24, 2.45) is 5.92 Å². The molecule has 1 aliphatic rings. The van der Waals surface area contributed by atoms with Crippen LogP contribution in [0, 0.1) is 12.8 Å². The summed E-state index contributed by atoms with van der Waals surface area (Å²) in [5.74, 6) is 1.98. The van der Waals surface area contributed by atoms with Crippen LogP contribution in [0.3, 0.4) is 0 Å². The first-order valence-electron chi connectivity index (χ1n) is 11.7. The van der Waals surface area contributed by atoms with Crippen molar-refractivity contribution in [3.05, 3.63) is 83.2 Å². The molecule has 5 rings (SSSR count). The number of rotatable bonds is 7. The molecule has 0 spiro atoms. The number of imidazole rings is 1. The maximum atomic E-state index is 13.0. The van der Waals surface area contributed by atoms with E-state index in [-0.39, 0.29) is 11.8 Å². The summed E-state index contributed by atoms with van der Waals surface area (Å²) in [6.45, 7) is 4.51. The number of benzene rings is 2. The molecular formula is C26H27ClN6O2. The van der Waals surface area contributed by atoms with Crippen LogP contribution in [0.1, 0.15) is 30.1 Å². The number of hydrogen-bond acceptors (Lipinski definition) is 6. The molecule has 0 bridgehead atoms. The van der Waals surface area contributed by atoms with E-state index < -0.39 is 0 Å². The molecule has 1 N–H and O–H groups in total. The van der Waals surface area contributed by atoms with Crippen molar-refractivity contribution < 1.29 is 9.32 Å². The molecule has 0 radical (unpaired) electrons. The molecule has 2 aromatic carbocycles. The third kappa shape index (κ3) is 5.44. The fraction of sp³-hybridized carbons (Fsp3) is 0.308. The van der Waals surface area contributed by atoms with E-state index in [0.717, 1.165) is 42.0 Å². The number of nitrogens with zero attached hydrogens (tertiary/aromatic N) is 5. The number of aromatic nitrogens is 4. The lowest BCUT2D eigenvalue weighted by atomic mass is 9.97. The normalized spacial score (nSPS) is 16.3. The Kier molecular flexibility index (Phi) is 6.92. The Hall–Kier alpha value is -3.49. The number of carbonyl (C=O) groups is 1.